The first-order valence-corrected chi connectivity index (χ1v) is 12.6. The van der Waals surface area contributed by atoms with Gasteiger partial charge in [0.15, 0.2) is 5.60 Å². The van der Waals surface area contributed by atoms with Crippen molar-refractivity contribution >= 4 is 5.97 Å². The lowest BCUT2D eigenvalue weighted by Gasteiger charge is -2.25. The van der Waals surface area contributed by atoms with Gasteiger partial charge >= 0.3 is 5.97 Å². The maximum absolute atomic E-state index is 12.2. The predicted molar refractivity (Wildman–Crippen MR) is 142 cm³/mol. The Hall–Kier alpha value is -3.84. The third kappa shape index (κ3) is 6.49. The molecule has 0 aliphatic heterocycles. The van der Waals surface area contributed by atoms with E-state index >= 15 is 0 Å². The van der Waals surface area contributed by atoms with Crippen LogP contribution in [0.4, 0.5) is 0 Å². The second-order valence-corrected chi connectivity index (χ2v) is 9.60. The van der Waals surface area contributed by atoms with Crippen molar-refractivity contribution < 1.29 is 18.7 Å². The number of carbonyl (C=O) groups excluding carboxylic acids is 1. The number of nitrogens with zero attached hydrogens (tertiary/aromatic N) is 3. The molecule has 194 valence electrons. The number of rotatable bonds is 11. The van der Waals surface area contributed by atoms with Gasteiger partial charge in [0.05, 0.1) is 30.8 Å². The predicted octanol–water partition coefficient (Wildman–Crippen LogP) is 6.01. The molecule has 4 rings (SSSR count). The molecule has 0 N–H and O–H groups in total. The summed E-state index contributed by atoms with van der Waals surface area (Å²) >= 11 is 0. The lowest BCUT2D eigenvalue weighted by molar-refractivity contribution is -0.158. The SMILES string of the molecule is CCOC(=O)C(C)(C)Oc1ccc(CN(Cc2ccco2)Cc2c(C)nn(-c3ccccc3)c2C)cc1. The molecule has 0 spiro atoms. The van der Waals surface area contributed by atoms with Crippen LogP contribution in [-0.4, -0.2) is 32.9 Å². The molecule has 7 nitrogen and oxygen atoms in total. The largest absolute Gasteiger partial charge is 0.476 e. The number of furan rings is 1. The smallest absolute Gasteiger partial charge is 0.349 e. The van der Waals surface area contributed by atoms with E-state index in [-0.39, 0.29) is 5.97 Å². The number of esters is 1. The molecular formula is C30H35N3O4. The first-order valence-electron chi connectivity index (χ1n) is 12.6. The fourth-order valence-electron chi connectivity index (χ4n) is 4.30. The Morgan fingerprint density at radius 2 is 1.70 bits per heavy atom. The van der Waals surface area contributed by atoms with Gasteiger partial charge in [-0.15, -0.1) is 0 Å². The number of carbonyl (C=O) groups is 1. The van der Waals surface area contributed by atoms with Crippen LogP contribution in [-0.2, 0) is 29.2 Å². The Morgan fingerprint density at radius 3 is 2.35 bits per heavy atom. The van der Waals surface area contributed by atoms with Crippen molar-refractivity contribution in [3.05, 3.63) is 101 Å². The van der Waals surface area contributed by atoms with Gasteiger partial charge in [0.2, 0.25) is 0 Å². The minimum absolute atomic E-state index is 0.319. The Bertz CT molecular complexity index is 1290. The quantitative estimate of drug-likeness (QED) is 0.235. The number of aryl methyl sites for hydroxylation is 1. The molecule has 0 atom stereocenters. The summed E-state index contributed by atoms with van der Waals surface area (Å²) in [6.07, 6.45) is 1.70. The minimum atomic E-state index is -1.06. The van der Waals surface area contributed by atoms with Gasteiger partial charge < -0.3 is 13.9 Å². The van der Waals surface area contributed by atoms with E-state index < -0.39 is 5.60 Å². The van der Waals surface area contributed by atoms with E-state index in [0.717, 1.165) is 34.9 Å². The number of benzene rings is 2. The molecule has 0 saturated heterocycles. The van der Waals surface area contributed by atoms with Crippen molar-refractivity contribution in [1.82, 2.24) is 14.7 Å². The molecule has 0 radical (unpaired) electrons. The Balaban J connectivity index is 1.52. The molecule has 4 aromatic rings. The molecule has 2 aromatic heterocycles. The summed E-state index contributed by atoms with van der Waals surface area (Å²) in [5.74, 6) is 1.14. The first kappa shape index (κ1) is 26.2. The number of hydrogen-bond donors (Lipinski definition) is 0. The molecule has 2 heterocycles. The highest BCUT2D eigenvalue weighted by Crippen LogP contribution is 2.24. The second kappa shape index (κ2) is 11.5. The van der Waals surface area contributed by atoms with Gasteiger partial charge in [-0.2, -0.15) is 5.10 Å². The van der Waals surface area contributed by atoms with Crippen LogP contribution in [0.2, 0.25) is 0 Å². The molecule has 7 heteroatoms. The van der Waals surface area contributed by atoms with Crippen LogP contribution in [0.25, 0.3) is 5.69 Å². The number of ether oxygens (including phenoxy) is 2. The third-order valence-electron chi connectivity index (χ3n) is 6.25. The topological polar surface area (TPSA) is 69.7 Å². The maximum Gasteiger partial charge on any atom is 0.349 e. The Morgan fingerprint density at radius 1 is 0.973 bits per heavy atom. The van der Waals surface area contributed by atoms with E-state index in [0.29, 0.717) is 25.4 Å². The van der Waals surface area contributed by atoms with E-state index in [1.54, 1.807) is 27.0 Å². The van der Waals surface area contributed by atoms with Gasteiger partial charge in [0.25, 0.3) is 0 Å². The van der Waals surface area contributed by atoms with E-state index in [9.17, 15) is 4.79 Å². The van der Waals surface area contributed by atoms with Gasteiger partial charge in [-0.1, -0.05) is 30.3 Å². The Labute approximate surface area is 218 Å². The normalized spacial score (nSPS) is 11.6. The zero-order valence-corrected chi connectivity index (χ0v) is 22.2. The molecule has 0 unspecified atom stereocenters. The van der Waals surface area contributed by atoms with Crippen molar-refractivity contribution in [2.24, 2.45) is 0 Å². The molecule has 0 saturated carbocycles. The number of aromatic nitrogens is 2. The standard InChI is InChI=1S/C30H35N3O4/c1-6-35-29(34)30(4,5)37-26-16-14-24(15-17-26)19-32(20-27-13-10-18-36-27)21-28-22(2)31-33(23(28)3)25-11-8-7-9-12-25/h7-18H,6,19-21H2,1-5H3. The summed E-state index contributed by atoms with van der Waals surface area (Å²) in [6, 6.07) is 21.9. The fraction of sp³-hybridized carbons (Fsp3) is 0.333. The highest BCUT2D eigenvalue weighted by atomic mass is 16.6. The summed E-state index contributed by atoms with van der Waals surface area (Å²) < 4.78 is 18.7. The van der Waals surface area contributed by atoms with E-state index in [1.165, 1.54) is 5.56 Å². The molecule has 0 fully saturated rings. The van der Waals surface area contributed by atoms with Crippen LogP contribution < -0.4 is 4.74 Å². The van der Waals surface area contributed by atoms with Crippen LogP contribution in [0.5, 0.6) is 5.75 Å². The summed E-state index contributed by atoms with van der Waals surface area (Å²) in [5, 5.41) is 4.82. The zero-order valence-electron chi connectivity index (χ0n) is 22.2. The molecule has 0 amide bonds. The fourth-order valence-corrected chi connectivity index (χ4v) is 4.30. The molecule has 0 bridgehead atoms. The van der Waals surface area contributed by atoms with Crippen LogP contribution in [0, 0.1) is 13.8 Å². The van der Waals surface area contributed by atoms with Gasteiger partial charge in [-0.05, 0) is 76.6 Å². The van der Waals surface area contributed by atoms with Crippen molar-refractivity contribution in [2.45, 2.75) is 59.9 Å². The van der Waals surface area contributed by atoms with E-state index in [4.69, 9.17) is 19.0 Å². The average molecular weight is 502 g/mol. The zero-order chi connectivity index (χ0) is 26.4. The minimum Gasteiger partial charge on any atom is -0.476 e. The molecule has 2 aromatic carbocycles. The summed E-state index contributed by atoms with van der Waals surface area (Å²) in [5.41, 5.74) is 4.45. The summed E-state index contributed by atoms with van der Waals surface area (Å²) in [4.78, 5) is 14.5. The van der Waals surface area contributed by atoms with Gasteiger partial charge in [0, 0.05) is 24.3 Å². The van der Waals surface area contributed by atoms with Crippen LogP contribution in [0.1, 0.15) is 49.0 Å². The van der Waals surface area contributed by atoms with Crippen LogP contribution >= 0.6 is 0 Å². The van der Waals surface area contributed by atoms with Crippen molar-refractivity contribution in [2.75, 3.05) is 6.61 Å². The monoisotopic (exact) mass is 501 g/mol. The molecule has 0 aliphatic carbocycles. The van der Waals surface area contributed by atoms with Crippen molar-refractivity contribution in [1.29, 1.82) is 0 Å². The van der Waals surface area contributed by atoms with Crippen LogP contribution in [0.15, 0.2) is 77.4 Å². The van der Waals surface area contributed by atoms with Gasteiger partial charge in [0.1, 0.15) is 11.5 Å². The maximum atomic E-state index is 12.2. The first-order chi connectivity index (χ1) is 17.8. The highest BCUT2D eigenvalue weighted by Gasteiger charge is 2.31. The van der Waals surface area contributed by atoms with E-state index in [2.05, 4.69) is 30.9 Å². The summed E-state index contributed by atoms with van der Waals surface area (Å²) in [7, 11) is 0. The lowest BCUT2D eigenvalue weighted by atomic mass is 10.1. The van der Waals surface area contributed by atoms with E-state index in [1.807, 2.05) is 59.3 Å². The summed E-state index contributed by atoms with van der Waals surface area (Å²) in [6.45, 7) is 11.8. The highest BCUT2D eigenvalue weighted by molar-refractivity contribution is 5.79. The second-order valence-electron chi connectivity index (χ2n) is 9.60. The van der Waals surface area contributed by atoms with Gasteiger partial charge in [-0.3, -0.25) is 4.90 Å². The lowest BCUT2D eigenvalue weighted by Crippen LogP contribution is -2.39. The van der Waals surface area contributed by atoms with Gasteiger partial charge in [-0.25, -0.2) is 9.48 Å². The Kier molecular flexibility index (Phi) is 8.14. The van der Waals surface area contributed by atoms with Crippen LogP contribution in [0.3, 0.4) is 0 Å². The number of para-hydroxylation sites is 1. The number of hydrogen-bond acceptors (Lipinski definition) is 6. The average Bonchev–Trinajstić information content (AvgIpc) is 3.49. The van der Waals surface area contributed by atoms with Crippen molar-refractivity contribution in [3.63, 3.8) is 0 Å². The molecule has 37 heavy (non-hydrogen) atoms. The molecule has 0 aliphatic rings. The van der Waals surface area contributed by atoms with Crippen molar-refractivity contribution in [3.8, 4) is 11.4 Å². The molecular weight excluding hydrogens is 466 g/mol. The third-order valence-corrected chi connectivity index (χ3v) is 6.25.